The van der Waals surface area contributed by atoms with Crippen LogP contribution in [0, 0.1) is 5.41 Å². The third-order valence-electron chi connectivity index (χ3n) is 3.73. The summed E-state index contributed by atoms with van der Waals surface area (Å²) in [5.41, 5.74) is 0.798. The summed E-state index contributed by atoms with van der Waals surface area (Å²) in [4.78, 5) is 14.0. The predicted molar refractivity (Wildman–Crippen MR) is 75.7 cm³/mol. The van der Waals surface area contributed by atoms with E-state index in [0.29, 0.717) is 6.54 Å². The van der Waals surface area contributed by atoms with Gasteiger partial charge in [-0.05, 0) is 40.9 Å². The molecule has 0 aliphatic heterocycles. The van der Waals surface area contributed by atoms with Crippen molar-refractivity contribution in [3.8, 4) is 0 Å². The second-order valence-corrected chi connectivity index (χ2v) is 5.79. The van der Waals surface area contributed by atoms with E-state index in [2.05, 4.69) is 20.8 Å². The molecule has 0 radical (unpaired) electrons. The highest BCUT2D eigenvalue weighted by Gasteiger charge is 2.46. The van der Waals surface area contributed by atoms with E-state index in [9.17, 15) is 4.79 Å². The van der Waals surface area contributed by atoms with Crippen LogP contribution in [-0.2, 0) is 9.53 Å². The molecule has 0 amide bonds. The highest BCUT2D eigenvalue weighted by Crippen LogP contribution is 2.43. The summed E-state index contributed by atoms with van der Waals surface area (Å²) in [5.74, 6) is -0.0762. The Kier molecular flexibility index (Phi) is 3.95. The van der Waals surface area contributed by atoms with Gasteiger partial charge in [-0.25, -0.2) is 0 Å². The minimum Gasteiger partial charge on any atom is -0.469 e. The second-order valence-electron chi connectivity index (χ2n) is 4.93. The number of benzene rings is 1. The van der Waals surface area contributed by atoms with Gasteiger partial charge in [0.1, 0.15) is 0 Å². The van der Waals surface area contributed by atoms with E-state index < -0.39 is 0 Å². The summed E-state index contributed by atoms with van der Waals surface area (Å²) in [6.07, 6.45) is 2.96. The fraction of sp³-hybridized carbons (Fsp3) is 0.500. The standard InChI is InChI=1S/C14H18BrNO2/c1-16(12-7-4-3-6-11(12)15)10-14(8-5-9-14)13(17)18-2/h3-4,6-7H,5,8-10H2,1-2H3. The zero-order valence-electron chi connectivity index (χ0n) is 10.8. The highest BCUT2D eigenvalue weighted by molar-refractivity contribution is 9.10. The van der Waals surface area contributed by atoms with Crippen molar-refractivity contribution in [3.63, 3.8) is 0 Å². The molecular weight excluding hydrogens is 294 g/mol. The molecule has 98 valence electrons. The topological polar surface area (TPSA) is 29.5 Å². The summed E-state index contributed by atoms with van der Waals surface area (Å²) < 4.78 is 6.00. The summed E-state index contributed by atoms with van der Waals surface area (Å²) >= 11 is 3.54. The minimum absolute atomic E-state index is 0.0762. The van der Waals surface area contributed by atoms with Gasteiger partial charge in [0, 0.05) is 18.1 Å². The van der Waals surface area contributed by atoms with Crippen molar-refractivity contribution >= 4 is 27.6 Å². The Labute approximate surface area is 116 Å². The van der Waals surface area contributed by atoms with E-state index in [-0.39, 0.29) is 11.4 Å². The van der Waals surface area contributed by atoms with Crippen molar-refractivity contribution in [1.82, 2.24) is 0 Å². The van der Waals surface area contributed by atoms with Crippen LogP contribution in [0.15, 0.2) is 28.7 Å². The van der Waals surface area contributed by atoms with E-state index in [1.807, 2.05) is 31.3 Å². The lowest BCUT2D eigenvalue weighted by Crippen LogP contribution is -2.47. The molecule has 18 heavy (non-hydrogen) atoms. The molecule has 0 unspecified atom stereocenters. The first kappa shape index (κ1) is 13.4. The molecule has 1 aromatic carbocycles. The zero-order valence-corrected chi connectivity index (χ0v) is 12.4. The molecule has 2 rings (SSSR count). The van der Waals surface area contributed by atoms with Crippen LogP contribution in [0.25, 0.3) is 0 Å². The van der Waals surface area contributed by atoms with E-state index in [4.69, 9.17) is 4.74 Å². The predicted octanol–water partition coefficient (Wildman–Crippen LogP) is 3.23. The number of esters is 1. The van der Waals surface area contributed by atoms with Crippen molar-refractivity contribution in [2.24, 2.45) is 5.41 Å². The maximum Gasteiger partial charge on any atom is 0.313 e. The quantitative estimate of drug-likeness (QED) is 0.800. The third kappa shape index (κ3) is 2.39. The van der Waals surface area contributed by atoms with Crippen molar-refractivity contribution in [2.45, 2.75) is 19.3 Å². The number of carbonyl (C=O) groups is 1. The molecule has 1 aliphatic carbocycles. The number of carbonyl (C=O) groups excluding carboxylic acids is 1. The Hall–Kier alpha value is -1.03. The maximum absolute atomic E-state index is 11.9. The van der Waals surface area contributed by atoms with Crippen LogP contribution in [-0.4, -0.2) is 26.7 Å². The van der Waals surface area contributed by atoms with Crippen LogP contribution < -0.4 is 4.90 Å². The van der Waals surface area contributed by atoms with Gasteiger partial charge in [-0.15, -0.1) is 0 Å². The van der Waals surface area contributed by atoms with Gasteiger partial charge in [-0.3, -0.25) is 4.79 Å². The lowest BCUT2D eigenvalue weighted by Gasteiger charge is -2.42. The largest absolute Gasteiger partial charge is 0.469 e. The number of hydrogen-bond acceptors (Lipinski definition) is 3. The van der Waals surface area contributed by atoms with Gasteiger partial charge in [0.25, 0.3) is 0 Å². The number of hydrogen-bond donors (Lipinski definition) is 0. The first-order valence-corrected chi connectivity index (χ1v) is 6.92. The Morgan fingerprint density at radius 1 is 1.44 bits per heavy atom. The van der Waals surface area contributed by atoms with Crippen molar-refractivity contribution in [2.75, 3.05) is 25.6 Å². The Morgan fingerprint density at radius 3 is 2.61 bits per heavy atom. The molecule has 1 aliphatic rings. The SMILES string of the molecule is COC(=O)C1(CN(C)c2ccccc2Br)CCC1. The fourth-order valence-electron chi connectivity index (χ4n) is 2.55. The van der Waals surface area contributed by atoms with E-state index >= 15 is 0 Å². The van der Waals surface area contributed by atoms with Gasteiger partial charge in [0.2, 0.25) is 0 Å². The molecule has 0 spiro atoms. The number of ether oxygens (including phenoxy) is 1. The van der Waals surface area contributed by atoms with Gasteiger partial charge in [0.05, 0.1) is 18.2 Å². The van der Waals surface area contributed by atoms with Crippen molar-refractivity contribution in [1.29, 1.82) is 0 Å². The molecule has 1 saturated carbocycles. The Bertz CT molecular complexity index is 443. The van der Waals surface area contributed by atoms with Gasteiger partial charge >= 0.3 is 5.97 Å². The van der Waals surface area contributed by atoms with Crippen LogP contribution in [0.3, 0.4) is 0 Å². The average molecular weight is 312 g/mol. The van der Waals surface area contributed by atoms with E-state index in [1.165, 1.54) is 7.11 Å². The number of methoxy groups -OCH3 is 1. The number of para-hydroxylation sites is 1. The molecule has 0 N–H and O–H groups in total. The van der Waals surface area contributed by atoms with Crippen LogP contribution in [0.1, 0.15) is 19.3 Å². The molecule has 3 nitrogen and oxygen atoms in total. The molecule has 4 heteroatoms. The summed E-state index contributed by atoms with van der Waals surface area (Å²) in [5, 5.41) is 0. The van der Waals surface area contributed by atoms with Crippen LogP contribution in [0.4, 0.5) is 5.69 Å². The second kappa shape index (κ2) is 5.31. The number of anilines is 1. The Balaban J connectivity index is 2.13. The van der Waals surface area contributed by atoms with Crippen LogP contribution >= 0.6 is 15.9 Å². The molecule has 1 fully saturated rings. The molecular formula is C14H18BrNO2. The van der Waals surface area contributed by atoms with Crippen molar-refractivity contribution < 1.29 is 9.53 Å². The first-order chi connectivity index (χ1) is 8.59. The summed E-state index contributed by atoms with van der Waals surface area (Å²) in [7, 11) is 3.49. The average Bonchev–Trinajstić information content (AvgIpc) is 2.33. The zero-order chi connectivity index (χ0) is 13.2. The summed E-state index contributed by atoms with van der Waals surface area (Å²) in [6.45, 7) is 0.711. The molecule has 1 aromatic rings. The first-order valence-electron chi connectivity index (χ1n) is 6.13. The smallest absolute Gasteiger partial charge is 0.313 e. The van der Waals surface area contributed by atoms with E-state index in [0.717, 1.165) is 29.4 Å². The number of rotatable bonds is 4. The minimum atomic E-state index is -0.307. The van der Waals surface area contributed by atoms with E-state index in [1.54, 1.807) is 0 Å². The van der Waals surface area contributed by atoms with Gasteiger partial charge in [-0.2, -0.15) is 0 Å². The number of nitrogens with zero attached hydrogens (tertiary/aromatic N) is 1. The lowest BCUT2D eigenvalue weighted by molar-refractivity contribution is -0.157. The monoisotopic (exact) mass is 311 g/mol. The van der Waals surface area contributed by atoms with Gasteiger partial charge in [-0.1, -0.05) is 18.6 Å². The summed E-state index contributed by atoms with van der Waals surface area (Å²) in [6, 6.07) is 8.05. The molecule has 0 heterocycles. The van der Waals surface area contributed by atoms with Crippen LogP contribution in [0.5, 0.6) is 0 Å². The lowest BCUT2D eigenvalue weighted by atomic mass is 9.68. The highest BCUT2D eigenvalue weighted by atomic mass is 79.9. The molecule has 0 aromatic heterocycles. The molecule has 0 atom stereocenters. The van der Waals surface area contributed by atoms with Crippen LogP contribution in [0.2, 0.25) is 0 Å². The molecule has 0 saturated heterocycles. The molecule has 0 bridgehead atoms. The fourth-order valence-corrected chi connectivity index (χ4v) is 3.13. The van der Waals surface area contributed by atoms with Crippen molar-refractivity contribution in [3.05, 3.63) is 28.7 Å². The van der Waals surface area contributed by atoms with Gasteiger partial charge < -0.3 is 9.64 Å². The Morgan fingerprint density at radius 2 is 2.11 bits per heavy atom. The number of halogens is 1. The normalized spacial score (nSPS) is 16.8. The maximum atomic E-state index is 11.9. The third-order valence-corrected chi connectivity index (χ3v) is 4.40. The van der Waals surface area contributed by atoms with Gasteiger partial charge in [0.15, 0.2) is 0 Å².